The summed E-state index contributed by atoms with van der Waals surface area (Å²) in [5.41, 5.74) is 2.13. The third kappa shape index (κ3) is 4.87. The second-order valence-corrected chi connectivity index (χ2v) is 8.07. The van der Waals surface area contributed by atoms with Gasteiger partial charge in [0.05, 0.1) is 4.90 Å². The molecule has 6 nitrogen and oxygen atoms in total. The van der Waals surface area contributed by atoms with E-state index in [4.69, 9.17) is 0 Å². The Kier molecular flexibility index (Phi) is 5.15. The molecule has 1 amide bonds. The molecule has 0 aliphatic heterocycles. The molecule has 1 fully saturated rings. The van der Waals surface area contributed by atoms with Gasteiger partial charge < -0.3 is 5.32 Å². The van der Waals surface area contributed by atoms with Crippen LogP contribution in [0.2, 0.25) is 0 Å². The van der Waals surface area contributed by atoms with Gasteiger partial charge in [0, 0.05) is 30.5 Å². The fourth-order valence-electron chi connectivity index (χ4n) is 2.42. The summed E-state index contributed by atoms with van der Waals surface area (Å²) in [6, 6.07) is 9.57. The van der Waals surface area contributed by atoms with Gasteiger partial charge in [-0.25, -0.2) is 13.1 Å². The minimum Gasteiger partial charge on any atom is -0.352 e. The number of hydrogen-bond donors (Lipinski definition) is 2. The van der Waals surface area contributed by atoms with Crippen LogP contribution in [0.15, 0.2) is 47.5 Å². The maximum Gasteiger partial charge on any atom is 0.251 e. The number of carbonyl (C=O) groups is 1. The Morgan fingerprint density at radius 2 is 1.92 bits per heavy atom. The van der Waals surface area contributed by atoms with Crippen molar-refractivity contribution in [3.63, 3.8) is 0 Å². The van der Waals surface area contributed by atoms with E-state index in [-0.39, 0.29) is 17.3 Å². The Labute approximate surface area is 147 Å². The van der Waals surface area contributed by atoms with E-state index in [1.54, 1.807) is 12.3 Å². The first kappa shape index (κ1) is 17.6. The Hall–Kier alpha value is -2.25. The first-order valence-electron chi connectivity index (χ1n) is 8.23. The molecule has 132 valence electrons. The summed E-state index contributed by atoms with van der Waals surface area (Å²) < 4.78 is 27.3. The number of nitrogens with one attached hydrogen (secondary N) is 2. The van der Waals surface area contributed by atoms with Crippen LogP contribution in [0.4, 0.5) is 0 Å². The number of amides is 1. The molecule has 1 aromatic heterocycles. The highest BCUT2D eigenvalue weighted by Gasteiger charge is 2.22. The van der Waals surface area contributed by atoms with E-state index in [1.165, 1.54) is 37.1 Å². The second kappa shape index (κ2) is 7.33. The predicted molar refractivity (Wildman–Crippen MR) is 94.5 cm³/mol. The number of hydrogen-bond acceptors (Lipinski definition) is 4. The van der Waals surface area contributed by atoms with Crippen molar-refractivity contribution in [1.82, 2.24) is 15.0 Å². The molecule has 25 heavy (non-hydrogen) atoms. The zero-order chi connectivity index (χ0) is 17.9. The molecule has 1 aromatic carbocycles. The number of carbonyl (C=O) groups excluding carboxylic acids is 1. The topological polar surface area (TPSA) is 88.2 Å². The number of nitrogens with zero attached hydrogens (tertiary/aromatic N) is 1. The first-order valence-corrected chi connectivity index (χ1v) is 9.72. The Morgan fingerprint density at radius 1 is 1.20 bits per heavy atom. The number of aromatic nitrogens is 1. The molecular formula is C18H21N3O3S. The highest BCUT2D eigenvalue weighted by atomic mass is 32.2. The second-order valence-electron chi connectivity index (χ2n) is 6.31. The van der Waals surface area contributed by atoms with Gasteiger partial charge >= 0.3 is 0 Å². The summed E-state index contributed by atoms with van der Waals surface area (Å²) in [7, 11) is -3.63. The molecule has 1 heterocycles. The van der Waals surface area contributed by atoms with E-state index in [9.17, 15) is 13.2 Å². The van der Waals surface area contributed by atoms with Crippen LogP contribution in [0, 0.1) is 12.8 Å². The first-order chi connectivity index (χ1) is 11.9. The van der Waals surface area contributed by atoms with Crippen LogP contribution in [0.3, 0.4) is 0 Å². The zero-order valence-electron chi connectivity index (χ0n) is 14.0. The van der Waals surface area contributed by atoms with E-state index in [1.807, 2.05) is 13.0 Å². The number of pyridine rings is 1. The molecule has 1 aliphatic rings. The van der Waals surface area contributed by atoms with Crippen molar-refractivity contribution in [2.75, 3.05) is 6.54 Å². The fourth-order valence-corrected chi connectivity index (χ4v) is 3.44. The zero-order valence-corrected chi connectivity index (χ0v) is 14.8. The molecule has 1 aliphatic carbocycles. The average molecular weight is 359 g/mol. The Balaban J connectivity index is 1.62. The minimum absolute atomic E-state index is 0.136. The minimum atomic E-state index is -3.63. The Morgan fingerprint density at radius 3 is 2.56 bits per heavy atom. The number of benzene rings is 1. The molecular weight excluding hydrogens is 338 g/mol. The van der Waals surface area contributed by atoms with Crippen molar-refractivity contribution >= 4 is 15.9 Å². The molecule has 7 heteroatoms. The maximum atomic E-state index is 12.4. The monoisotopic (exact) mass is 359 g/mol. The van der Waals surface area contributed by atoms with Crippen LogP contribution in [0.25, 0.3) is 0 Å². The van der Waals surface area contributed by atoms with Crippen LogP contribution in [0.5, 0.6) is 0 Å². The van der Waals surface area contributed by atoms with Crippen molar-refractivity contribution in [3.05, 3.63) is 59.4 Å². The van der Waals surface area contributed by atoms with Crippen molar-refractivity contribution < 1.29 is 13.2 Å². The largest absolute Gasteiger partial charge is 0.352 e. The molecule has 0 atom stereocenters. The van der Waals surface area contributed by atoms with Gasteiger partial charge in [0.1, 0.15) is 0 Å². The lowest BCUT2D eigenvalue weighted by atomic mass is 10.2. The van der Waals surface area contributed by atoms with Gasteiger partial charge in [-0.3, -0.25) is 9.78 Å². The lowest BCUT2D eigenvalue weighted by Crippen LogP contribution is -2.26. The summed E-state index contributed by atoms with van der Waals surface area (Å²) in [5.74, 6) is 0.431. The molecule has 0 radical (unpaired) electrons. The summed E-state index contributed by atoms with van der Waals surface area (Å²) in [4.78, 5) is 16.2. The van der Waals surface area contributed by atoms with Crippen LogP contribution in [-0.2, 0) is 16.6 Å². The molecule has 3 rings (SSSR count). The normalized spacial score (nSPS) is 14.3. The molecule has 2 N–H and O–H groups in total. The molecule has 2 aromatic rings. The van der Waals surface area contributed by atoms with Crippen molar-refractivity contribution in [1.29, 1.82) is 0 Å². The van der Waals surface area contributed by atoms with Crippen LogP contribution >= 0.6 is 0 Å². The van der Waals surface area contributed by atoms with Gasteiger partial charge in [-0.2, -0.15) is 0 Å². The van der Waals surface area contributed by atoms with Crippen molar-refractivity contribution in [3.8, 4) is 0 Å². The van der Waals surface area contributed by atoms with E-state index in [0.29, 0.717) is 18.0 Å². The Bertz CT molecular complexity index is 859. The average Bonchev–Trinajstić information content (AvgIpc) is 3.43. The van der Waals surface area contributed by atoms with Gasteiger partial charge in [0.15, 0.2) is 0 Å². The van der Waals surface area contributed by atoms with Crippen LogP contribution in [0.1, 0.15) is 34.5 Å². The smallest absolute Gasteiger partial charge is 0.251 e. The van der Waals surface area contributed by atoms with Crippen molar-refractivity contribution in [2.24, 2.45) is 5.92 Å². The fraction of sp³-hybridized carbons (Fsp3) is 0.333. The van der Waals surface area contributed by atoms with Gasteiger partial charge in [-0.05, 0) is 67.6 Å². The predicted octanol–water partition coefficient (Wildman–Crippen LogP) is 2.01. The van der Waals surface area contributed by atoms with Crippen LogP contribution in [-0.4, -0.2) is 25.9 Å². The third-order valence-electron chi connectivity index (χ3n) is 4.10. The summed E-state index contributed by atoms with van der Waals surface area (Å²) in [5, 5.41) is 2.86. The lowest BCUT2D eigenvalue weighted by molar-refractivity contribution is 0.0951. The van der Waals surface area contributed by atoms with Gasteiger partial charge in [0.25, 0.3) is 5.91 Å². The van der Waals surface area contributed by atoms with Crippen LogP contribution < -0.4 is 10.0 Å². The van der Waals surface area contributed by atoms with Gasteiger partial charge in [-0.15, -0.1) is 0 Å². The van der Waals surface area contributed by atoms with Gasteiger partial charge in [0.2, 0.25) is 10.0 Å². The molecule has 0 bridgehead atoms. The van der Waals surface area contributed by atoms with E-state index in [0.717, 1.165) is 11.3 Å². The standard InChI is InChI=1S/C18H21N3O3S/c1-13-10-15(8-9-19-13)12-21-25(23,24)17-6-4-16(5-7-17)18(22)20-11-14-2-3-14/h4-10,14,21H,2-3,11-12H2,1H3,(H,20,22). The highest BCUT2D eigenvalue weighted by molar-refractivity contribution is 7.89. The third-order valence-corrected chi connectivity index (χ3v) is 5.52. The molecule has 0 unspecified atom stereocenters. The molecule has 0 saturated heterocycles. The van der Waals surface area contributed by atoms with E-state index in [2.05, 4.69) is 15.0 Å². The summed E-state index contributed by atoms with van der Waals surface area (Å²) in [6.07, 6.45) is 3.98. The molecule has 0 spiro atoms. The number of rotatable bonds is 7. The summed E-state index contributed by atoms with van der Waals surface area (Å²) >= 11 is 0. The maximum absolute atomic E-state index is 12.4. The van der Waals surface area contributed by atoms with E-state index >= 15 is 0 Å². The quantitative estimate of drug-likeness (QED) is 0.791. The van der Waals surface area contributed by atoms with E-state index < -0.39 is 10.0 Å². The molecule has 1 saturated carbocycles. The lowest BCUT2D eigenvalue weighted by Gasteiger charge is -2.08. The highest BCUT2D eigenvalue weighted by Crippen LogP contribution is 2.27. The summed E-state index contributed by atoms with van der Waals surface area (Å²) in [6.45, 7) is 2.73. The number of aryl methyl sites for hydroxylation is 1. The van der Waals surface area contributed by atoms with Gasteiger partial charge in [-0.1, -0.05) is 0 Å². The SMILES string of the molecule is Cc1cc(CNS(=O)(=O)c2ccc(C(=O)NCC3CC3)cc2)ccn1. The number of sulfonamides is 1. The van der Waals surface area contributed by atoms with Crippen molar-refractivity contribution in [2.45, 2.75) is 31.2 Å².